The first-order chi connectivity index (χ1) is 8.72. The van der Waals surface area contributed by atoms with Crippen LogP contribution in [0, 0.1) is 0 Å². The molecule has 1 unspecified atom stereocenters. The van der Waals surface area contributed by atoms with Crippen molar-refractivity contribution in [1.82, 2.24) is 10.2 Å². The maximum Gasteiger partial charge on any atom is 0.123 e. The Bertz CT molecular complexity index is 344. The van der Waals surface area contributed by atoms with Crippen molar-refractivity contribution in [2.75, 3.05) is 48.0 Å². The number of hydrogen-bond acceptors (Lipinski definition) is 4. The Labute approximate surface area is 110 Å². The summed E-state index contributed by atoms with van der Waals surface area (Å²) in [4.78, 5) is 2.25. The molecule has 1 atom stereocenters. The second kappa shape index (κ2) is 8.08. The first-order valence-electron chi connectivity index (χ1n) is 6.20. The summed E-state index contributed by atoms with van der Waals surface area (Å²) >= 11 is 0. The lowest BCUT2D eigenvalue weighted by Gasteiger charge is -2.25. The highest BCUT2D eigenvalue weighted by Gasteiger charge is 2.15. The van der Waals surface area contributed by atoms with Crippen LogP contribution in [-0.2, 0) is 4.74 Å². The highest BCUT2D eigenvalue weighted by molar-refractivity contribution is 5.36. The molecule has 0 aliphatic heterocycles. The Morgan fingerprint density at radius 1 is 1.28 bits per heavy atom. The average molecular weight is 252 g/mol. The lowest BCUT2D eigenvalue weighted by molar-refractivity contribution is 0.156. The second-order valence-corrected chi connectivity index (χ2v) is 4.34. The van der Waals surface area contributed by atoms with Gasteiger partial charge in [-0.1, -0.05) is 18.2 Å². The van der Waals surface area contributed by atoms with Gasteiger partial charge in [0.1, 0.15) is 5.75 Å². The lowest BCUT2D eigenvalue weighted by atomic mass is 10.1. The van der Waals surface area contributed by atoms with Gasteiger partial charge in [0.15, 0.2) is 0 Å². The molecule has 4 heteroatoms. The molecule has 1 rings (SSSR count). The van der Waals surface area contributed by atoms with Crippen LogP contribution in [0.2, 0.25) is 0 Å². The quantitative estimate of drug-likeness (QED) is 0.761. The Morgan fingerprint density at radius 2 is 2.00 bits per heavy atom. The molecule has 0 fully saturated rings. The van der Waals surface area contributed by atoms with Gasteiger partial charge in [0, 0.05) is 31.8 Å². The lowest BCUT2D eigenvalue weighted by Crippen LogP contribution is -2.33. The molecule has 0 saturated heterocycles. The molecule has 1 aromatic carbocycles. The maximum absolute atomic E-state index is 5.41. The number of para-hydroxylation sites is 1. The van der Waals surface area contributed by atoms with Crippen LogP contribution in [0.1, 0.15) is 11.6 Å². The fraction of sp³-hybridized carbons (Fsp3) is 0.571. The number of likely N-dealkylation sites (N-methyl/N-ethyl adjacent to an activating group) is 2. The van der Waals surface area contributed by atoms with E-state index >= 15 is 0 Å². The minimum absolute atomic E-state index is 0.253. The van der Waals surface area contributed by atoms with E-state index in [1.165, 1.54) is 5.56 Å². The van der Waals surface area contributed by atoms with Crippen molar-refractivity contribution in [3.05, 3.63) is 29.8 Å². The molecule has 0 bridgehead atoms. The first kappa shape index (κ1) is 15.0. The SMILES string of the molecule is CNC(CN(C)CCOC)c1ccccc1OC. The van der Waals surface area contributed by atoms with Gasteiger partial charge in [-0.15, -0.1) is 0 Å². The van der Waals surface area contributed by atoms with Crippen LogP contribution in [-0.4, -0.2) is 52.9 Å². The monoisotopic (exact) mass is 252 g/mol. The largest absolute Gasteiger partial charge is 0.496 e. The molecule has 4 nitrogen and oxygen atoms in total. The molecule has 0 radical (unpaired) electrons. The normalized spacial score (nSPS) is 12.7. The zero-order valence-electron chi connectivity index (χ0n) is 11.8. The number of methoxy groups -OCH3 is 2. The molecule has 102 valence electrons. The van der Waals surface area contributed by atoms with Gasteiger partial charge in [-0.25, -0.2) is 0 Å². The Balaban J connectivity index is 2.70. The van der Waals surface area contributed by atoms with Gasteiger partial charge in [-0.3, -0.25) is 0 Å². The Hall–Kier alpha value is -1.10. The van der Waals surface area contributed by atoms with E-state index in [0.717, 1.165) is 25.4 Å². The second-order valence-electron chi connectivity index (χ2n) is 4.34. The minimum atomic E-state index is 0.253. The Morgan fingerprint density at radius 3 is 2.61 bits per heavy atom. The molecule has 0 aromatic heterocycles. The van der Waals surface area contributed by atoms with Crippen LogP contribution in [0.15, 0.2) is 24.3 Å². The molecule has 0 saturated carbocycles. The molecule has 1 aromatic rings. The summed E-state index contributed by atoms with van der Waals surface area (Å²) < 4.78 is 10.5. The van der Waals surface area contributed by atoms with Crippen LogP contribution in [0.5, 0.6) is 5.75 Å². The van der Waals surface area contributed by atoms with Gasteiger partial charge >= 0.3 is 0 Å². The zero-order valence-corrected chi connectivity index (χ0v) is 11.8. The van der Waals surface area contributed by atoms with Crippen LogP contribution >= 0.6 is 0 Å². The predicted octanol–water partition coefficient (Wildman–Crippen LogP) is 1.53. The van der Waals surface area contributed by atoms with Gasteiger partial charge in [0.05, 0.1) is 13.7 Å². The zero-order chi connectivity index (χ0) is 13.4. The van der Waals surface area contributed by atoms with Crippen LogP contribution in [0.3, 0.4) is 0 Å². The molecule has 18 heavy (non-hydrogen) atoms. The summed E-state index contributed by atoms with van der Waals surface area (Å²) in [7, 11) is 7.50. The first-order valence-corrected chi connectivity index (χ1v) is 6.20. The molecular weight excluding hydrogens is 228 g/mol. The summed E-state index contributed by atoms with van der Waals surface area (Å²) in [5.41, 5.74) is 1.19. The summed E-state index contributed by atoms with van der Waals surface area (Å²) in [6.45, 7) is 2.59. The molecule has 0 spiro atoms. The molecule has 0 heterocycles. The summed E-state index contributed by atoms with van der Waals surface area (Å²) in [6.07, 6.45) is 0. The van der Waals surface area contributed by atoms with Gasteiger partial charge in [0.25, 0.3) is 0 Å². The highest BCUT2D eigenvalue weighted by atomic mass is 16.5. The topological polar surface area (TPSA) is 33.7 Å². The van der Waals surface area contributed by atoms with Crippen LogP contribution < -0.4 is 10.1 Å². The molecule has 0 amide bonds. The molecular formula is C14H24N2O2. The minimum Gasteiger partial charge on any atom is -0.496 e. The predicted molar refractivity (Wildman–Crippen MR) is 74.2 cm³/mol. The third kappa shape index (κ3) is 4.29. The fourth-order valence-corrected chi connectivity index (χ4v) is 1.95. The van der Waals surface area contributed by atoms with Crippen molar-refractivity contribution in [1.29, 1.82) is 0 Å². The fourth-order valence-electron chi connectivity index (χ4n) is 1.95. The van der Waals surface area contributed by atoms with Gasteiger partial charge in [-0.05, 0) is 20.2 Å². The van der Waals surface area contributed by atoms with E-state index in [-0.39, 0.29) is 6.04 Å². The highest BCUT2D eigenvalue weighted by Crippen LogP contribution is 2.24. The summed E-state index contributed by atoms with van der Waals surface area (Å²) in [6, 6.07) is 8.38. The standard InChI is InChI=1S/C14H24N2O2/c1-15-13(11-16(2)9-10-17-3)12-7-5-6-8-14(12)18-4/h5-8,13,15H,9-11H2,1-4H3. The molecule has 1 N–H and O–H groups in total. The van der Waals surface area contributed by atoms with Crippen molar-refractivity contribution in [3.8, 4) is 5.75 Å². The smallest absolute Gasteiger partial charge is 0.123 e. The number of nitrogens with one attached hydrogen (secondary N) is 1. The van der Waals surface area contributed by atoms with Crippen molar-refractivity contribution < 1.29 is 9.47 Å². The molecule has 0 aliphatic rings. The third-order valence-corrected chi connectivity index (χ3v) is 3.03. The number of nitrogens with zero attached hydrogens (tertiary/aromatic N) is 1. The van der Waals surface area contributed by atoms with E-state index in [1.54, 1.807) is 14.2 Å². The third-order valence-electron chi connectivity index (χ3n) is 3.03. The average Bonchev–Trinajstić information content (AvgIpc) is 2.42. The number of rotatable bonds is 8. The van der Waals surface area contributed by atoms with E-state index in [0.29, 0.717) is 0 Å². The summed E-state index contributed by atoms with van der Waals surface area (Å²) in [5, 5.41) is 3.34. The number of ether oxygens (including phenoxy) is 2. The van der Waals surface area contributed by atoms with E-state index in [2.05, 4.69) is 23.3 Å². The van der Waals surface area contributed by atoms with E-state index in [1.807, 2.05) is 25.2 Å². The van der Waals surface area contributed by atoms with Crippen molar-refractivity contribution in [2.24, 2.45) is 0 Å². The van der Waals surface area contributed by atoms with Crippen molar-refractivity contribution >= 4 is 0 Å². The van der Waals surface area contributed by atoms with Gasteiger partial charge < -0.3 is 19.7 Å². The van der Waals surface area contributed by atoms with Crippen LogP contribution in [0.4, 0.5) is 0 Å². The number of hydrogen-bond donors (Lipinski definition) is 1. The van der Waals surface area contributed by atoms with E-state index < -0.39 is 0 Å². The number of benzene rings is 1. The maximum atomic E-state index is 5.41. The van der Waals surface area contributed by atoms with Crippen LogP contribution in [0.25, 0.3) is 0 Å². The van der Waals surface area contributed by atoms with Gasteiger partial charge in [-0.2, -0.15) is 0 Å². The van der Waals surface area contributed by atoms with E-state index in [4.69, 9.17) is 9.47 Å². The molecule has 0 aliphatic carbocycles. The summed E-state index contributed by atoms with van der Waals surface area (Å²) in [5.74, 6) is 0.928. The Kier molecular flexibility index (Phi) is 6.72. The van der Waals surface area contributed by atoms with E-state index in [9.17, 15) is 0 Å². The van der Waals surface area contributed by atoms with Gasteiger partial charge in [0.2, 0.25) is 0 Å². The van der Waals surface area contributed by atoms with Crippen molar-refractivity contribution in [3.63, 3.8) is 0 Å². The van der Waals surface area contributed by atoms with Crippen molar-refractivity contribution in [2.45, 2.75) is 6.04 Å².